The Morgan fingerprint density at radius 2 is 1.84 bits per heavy atom. The molecule has 0 fully saturated rings. The Hall–Kier alpha value is -2.36. The van der Waals surface area contributed by atoms with E-state index in [1.807, 2.05) is 30.3 Å². The lowest BCUT2D eigenvalue weighted by Gasteiger charge is -2.06. The molecule has 0 unspecified atom stereocenters. The second kappa shape index (κ2) is 6.00. The van der Waals surface area contributed by atoms with E-state index in [0.29, 0.717) is 6.54 Å². The van der Waals surface area contributed by atoms with Crippen molar-refractivity contribution < 1.29 is 9.90 Å². The number of nitrogens with zero attached hydrogens (tertiary/aromatic N) is 1. The normalized spacial score (nSPS) is 10.3. The molecule has 0 saturated heterocycles. The lowest BCUT2D eigenvalue weighted by atomic mass is 10.1. The number of carbonyl (C=O) groups is 1. The third-order valence-electron chi connectivity index (χ3n) is 2.94. The molecule has 1 heterocycles. The largest absolute Gasteiger partial charge is 0.478 e. The fraction of sp³-hybridized carbons (Fsp3) is 0.200. The maximum Gasteiger partial charge on any atom is 0.337 e. The third kappa shape index (κ3) is 3.55. The summed E-state index contributed by atoms with van der Waals surface area (Å²) in [6.07, 6.45) is 3.06. The molecule has 1 aromatic heterocycles. The van der Waals surface area contributed by atoms with Gasteiger partial charge in [-0.3, -0.25) is 4.79 Å². The molecule has 0 aliphatic heterocycles. The van der Waals surface area contributed by atoms with E-state index in [9.17, 15) is 9.59 Å². The van der Waals surface area contributed by atoms with Gasteiger partial charge in [0.25, 0.3) is 5.56 Å². The van der Waals surface area contributed by atoms with E-state index in [1.54, 1.807) is 0 Å². The summed E-state index contributed by atoms with van der Waals surface area (Å²) in [5, 5.41) is 8.89. The van der Waals surface area contributed by atoms with Gasteiger partial charge in [0.15, 0.2) is 0 Å². The van der Waals surface area contributed by atoms with Crippen molar-refractivity contribution in [2.45, 2.75) is 19.4 Å². The number of hydrogen-bond donors (Lipinski definition) is 1. The number of rotatable bonds is 5. The molecule has 2 aromatic rings. The number of aromatic nitrogens is 1. The fourth-order valence-corrected chi connectivity index (χ4v) is 1.93. The standard InChI is InChI=1S/C15H15NO3/c17-14-9-8-13(15(18)19)11-16(14)10-4-7-12-5-2-1-3-6-12/h1-3,5-6,8-9,11H,4,7,10H2,(H,18,19). The predicted molar refractivity (Wildman–Crippen MR) is 72.4 cm³/mol. The van der Waals surface area contributed by atoms with Crippen molar-refractivity contribution in [2.75, 3.05) is 0 Å². The van der Waals surface area contributed by atoms with Gasteiger partial charge in [-0.05, 0) is 24.5 Å². The highest BCUT2D eigenvalue weighted by Gasteiger charge is 2.04. The first-order valence-electron chi connectivity index (χ1n) is 6.14. The van der Waals surface area contributed by atoms with Gasteiger partial charge < -0.3 is 9.67 Å². The summed E-state index contributed by atoms with van der Waals surface area (Å²) in [6.45, 7) is 0.523. The average Bonchev–Trinajstić information content (AvgIpc) is 2.42. The van der Waals surface area contributed by atoms with Crippen LogP contribution in [0.15, 0.2) is 53.5 Å². The molecule has 1 N–H and O–H groups in total. The number of benzene rings is 1. The molecule has 2 rings (SSSR count). The third-order valence-corrected chi connectivity index (χ3v) is 2.94. The average molecular weight is 257 g/mol. The first kappa shape index (κ1) is 13.1. The summed E-state index contributed by atoms with van der Waals surface area (Å²) in [7, 11) is 0. The van der Waals surface area contributed by atoms with Crippen LogP contribution in [0.5, 0.6) is 0 Å². The van der Waals surface area contributed by atoms with Crippen molar-refractivity contribution in [2.24, 2.45) is 0 Å². The van der Waals surface area contributed by atoms with Gasteiger partial charge in [-0.15, -0.1) is 0 Å². The Morgan fingerprint density at radius 1 is 1.11 bits per heavy atom. The van der Waals surface area contributed by atoms with E-state index < -0.39 is 5.97 Å². The summed E-state index contributed by atoms with van der Waals surface area (Å²) >= 11 is 0. The molecule has 0 aliphatic rings. The molecule has 1 aromatic carbocycles. The van der Waals surface area contributed by atoms with E-state index in [1.165, 1.54) is 28.5 Å². The number of carboxylic acid groups (broad SMARTS) is 1. The SMILES string of the molecule is O=C(O)c1ccc(=O)n(CCCc2ccccc2)c1. The molecule has 4 heteroatoms. The van der Waals surface area contributed by atoms with Crippen LogP contribution in [-0.2, 0) is 13.0 Å². The summed E-state index contributed by atoms with van der Waals surface area (Å²) in [5.74, 6) is -1.02. The Kier molecular flexibility index (Phi) is 4.13. The van der Waals surface area contributed by atoms with Crippen molar-refractivity contribution in [3.63, 3.8) is 0 Å². The highest BCUT2D eigenvalue weighted by molar-refractivity contribution is 5.87. The second-order valence-electron chi connectivity index (χ2n) is 4.34. The van der Waals surface area contributed by atoms with Crippen molar-refractivity contribution in [3.8, 4) is 0 Å². The lowest BCUT2D eigenvalue weighted by molar-refractivity contribution is 0.0696. The summed E-state index contributed by atoms with van der Waals surface area (Å²) in [6, 6.07) is 12.6. The van der Waals surface area contributed by atoms with Crippen molar-refractivity contribution in [1.29, 1.82) is 0 Å². The van der Waals surface area contributed by atoms with Gasteiger partial charge in [0.1, 0.15) is 0 Å². The summed E-state index contributed by atoms with van der Waals surface area (Å²) in [5.41, 5.74) is 1.18. The highest BCUT2D eigenvalue weighted by Crippen LogP contribution is 2.04. The van der Waals surface area contributed by atoms with Gasteiger partial charge in [0, 0.05) is 18.8 Å². The quantitative estimate of drug-likeness (QED) is 0.893. The maximum absolute atomic E-state index is 11.6. The van der Waals surface area contributed by atoms with Gasteiger partial charge in [-0.2, -0.15) is 0 Å². The Morgan fingerprint density at radius 3 is 2.53 bits per heavy atom. The molecule has 0 saturated carbocycles. The van der Waals surface area contributed by atoms with Crippen molar-refractivity contribution in [3.05, 3.63) is 70.1 Å². The zero-order valence-electron chi connectivity index (χ0n) is 10.5. The Balaban J connectivity index is 2.01. The van der Waals surface area contributed by atoms with Crippen LogP contribution in [0.25, 0.3) is 0 Å². The highest BCUT2D eigenvalue weighted by atomic mass is 16.4. The zero-order chi connectivity index (χ0) is 13.7. The monoisotopic (exact) mass is 257 g/mol. The van der Waals surface area contributed by atoms with Crippen molar-refractivity contribution in [1.82, 2.24) is 4.57 Å². The number of hydrogen-bond acceptors (Lipinski definition) is 2. The Labute approximate surface area is 110 Å². The minimum atomic E-state index is -1.02. The number of pyridine rings is 1. The van der Waals surface area contributed by atoms with Crippen LogP contribution in [-0.4, -0.2) is 15.6 Å². The minimum Gasteiger partial charge on any atom is -0.478 e. The molecule has 0 amide bonds. The molecule has 0 radical (unpaired) electrons. The predicted octanol–water partition coefficient (Wildman–Crippen LogP) is 2.18. The van der Waals surface area contributed by atoms with Crippen LogP contribution in [0, 0.1) is 0 Å². The summed E-state index contributed by atoms with van der Waals surface area (Å²) in [4.78, 5) is 22.5. The van der Waals surface area contributed by atoms with E-state index in [-0.39, 0.29) is 11.1 Å². The molecule has 0 aliphatic carbocycles. The fourth-order valence-electron chi connectivity index (χ4n) is 1.93. The van der Waals surface area contributed by atoms with Crippen LogP contribution in [0.3, 0.4) is 0 Å². The molecule has 0 spiro atoms. The van der Waals surface area contributed by atoms with Crippen LogP contribution in [0.4, 0.5) is 0 Å². The molecule has 19 heavy (non-hydrogen) atoms. The smallest absolute Gasteiger partial charge is 0.337 e. The molecule has 98 valence electrons. The number of aromatic carboxylic acids is 1. The van der Waals surface area contributed by atoms with Crippen LogP contribution in [0.2, 0.25) is 0 Å². The van der Waals surface area contributed by atoms with E-state index in [2.05, 4.69) is 0 Å². The molecular weight excluding hydrogens is 242 g/mol. The van der Waals surface area contributed by atoms with E-state index >= 15 is 0 Å². The molecular formula is C15H15NO3. The van der Waals surface area contributed by atoms with Gasteiger partial charge in [0.2, 0.25) is 0 Å². The first-order chi connectivity index (χ1) is 9.16. The van der Waals surface area contributed by atoms with Gasteiger partial charge in [-0.1, -0.05) is 30.3 Å². The van der Waals surface area contributed by atoms with Crippen LogP contribution in [0.1, 0.15) is 22.3 Å². The maximum atomic E-state index is 11.6. The second-order valence-corrected chi connectivity index (χ2v) is 4.34. The van der Waals surface area contributed by atoms with E-state index in [4.69, 9.17) is 5.11 Å². The van der Waals surface area contributed by atoms with Gasteiger partial charge in [-0.25, -0.2) is 4.79 Å². The van der Waals surface area contributed by atoms with Gasteiger partial charge >= 0.3 is 5.97 Å². The van der Waals surface area contributed by atoms with Crippen LogP contribution < -0.4 is 5.56 Å². The molecule has 4 nitrogen and oxygen atoms in total. The van der Waals surface area contributed by atoms with Crippen molar-refractivity contribution >= 4 is 5.97 Å². The minimum absolute atomic E-state index is 0.138. The molecule has 0 atom stereocenters. The van der Waals surface area contributed by atoms with Crippen LogP contribution >= 0.6 is 0 Å². The topological polar surface area (TPSA) is 59.3 Å². The van der Waals surface area contributed by atoms with E-state index in [0.717, 1.165) is 12.8 Å². The lowest BCUT2D eigenvalue weighted by Crippen LogP contribution is -2.20. The number of aryl methyl sites for hydroxylation is 2. The first-order valence-corrected chi connectivity index (χ1v) is 6.14. The van der Waals surface area contributed by atoms with Gasteiger partial charge in [0.05, 0.1) is 5.56 Å². The molecule has 0 bridgehead atoms. The Bertz CT molecular complexity index is 617. The summed E-state index contributed by atoms with van der Waals surface area (Å²) < 4.78 is 1.45. The zero-order valence-corrected chi connectivity index (χ0v) is 10.5. The number of carboxylic acids is 1.